The maximum absolute atomic E-state index is 11.5. The van der Waals surface area contributed by atoms with Gasteiger partial charge in [0.2, 0.25) is 11.7 Å². The average molecular weight is 482 g/mol. The molecule has 0 rings (SSSR count). The van der Waals surface area contributed by atoms with Crippen molar-refractivity contribution in [1.82, 2.24) is 5.32 Å². The molecule has 15 nitrogen and oxygen atoms in total. The summed E-state index contributed by atoms with van der Waals surface area (Å²) in [6.45, 7) is 8.68. The number of amides is 1. The molecule has 0 spiro atoms. The predicted octanol–water partition coefficient (Wildman–Crippen LogP) is -1.14. The molecule has 0 unspecified atom stereocenters. The van der Waals surface area contributed by atoms with Crippen LogP contribution in [0.25, 0.3) is 0 Å². The molecule has 0 aliphatic rings. The van der Waals surface area contributed by atoms with Crippen molar-refractivity contribution in [1.29, 1.82) is 0 Å². The van der Waals surface area contributed by atoms with Crippen molar-refractivity contribution >= 4 is 35.5 Å². The normalized spacial score (nSPS) is 11.6. The highest BCUT2D eigenvalue weighted by atomic mass is 16.5. The van der Waals surface area contributed by atoms with Gasteiger partial charge in [-0.05, 0) is 41.5 Å². The minimum absolute atomic E-state index is 0.0944. The van der Waals surface area contributed by atoms with Crippen LogP contribution in [-0.2, 0) is 28.7 Å². The molecule has 0 aliphatic carbocycles. The van der Waals surface area contributed by atoms with Crippen molar-refractivity contribution in [3.8, 4) is 0 Å². The SMILES string of the molecule is CC(C)(CO)C(=O)O.CCOC(=O)/C(=N\O)NC(=O)C(C)(C)CO.CCOC(=O)/C(N)=N\O. The molecule has 0 saturated carbocycles. The van der Waals surface area contributed by atoms with Crippen molar-refractivity contribution in [2.45, 2.75) is 41.5 Å². The van der Waals surface area contributed by atoms with Gasteiger partial charge in [-0.3, -0.25) is 9.59 Å². The van der Waals surface area contributed by atoms with Crippen LogP contribution in [0.5, 0.6) is 0 Å². The highest BCUT2D eigenvalue weighted by Crippen LogP contribution is 2.13. The Balaban J connectivity index is -0.000000449. The lowest BCUT2D eigenvalue weighted by molar-refractivity contribution is -0.149. The third-order valence-electron chi connectivity index (χ3n) is 3.38. The number of amidine groups is 2. The van der Waals surface area contributed by atoms with E-state index in [4.69, 9.17) is 31.5 Å². The number of nitrogens with zero attached hydrogens (tertiary/aromatic N) is 2. The lowest BCUT2D eigenvalue weighted by Crippen LogP contribution is -2.45. The van der Waals surface area contributed by atoms with Gasteiger partial charge < -0.3 is 46.3 Å². The minimum atomic E-state index is -1.08. The number of hydrogen-bond acceptors (Lipinski definition) is 12. The lowest BCUT2D eigenvalue weighted by Gasteiger charge is -2.20. The fraction of sp³-hybridized carbons (Fsp3) is 0.667. The predicted molar refractivity (Wildman–Crippen MR) is 113 cm³/mol. The van der Waals surface area contributed by atoms with E-state index in [1.807, 2.05) is 0 Å². The Morgan fingerprint density at radius 1 is 0.848 bits per heavy atom. The van der Waals surface area contributed by atoms with Gasteiger partial charge in [-0.2, -0.15) is 0 Å². The van der Waals surface area contributed by atoms with Gasteiger partial charge in [-0.25, -0.2) is 9.59 Å². The quantitative estimate of drug-likeness (QED) is 0.0779. The lowest BCUT2D eigenvalue weighted by atomic mass is 9.94. The van der Waals surface area contributed by atoms with E-state index >= 15 is 0 Å². The number of aliphatic hydroxyl groups excluding tert-OH is 2. The molecule has 0 fully saturated rings. The molecule has 0 bridgehead atoms. The molecule has 192 valence electrons. The first-order valence-electron chi connectivity index (χ1n) is 9.42. The molecule has 0 radical (unpaired) electrons. The molecular weight excluding hydrogens is 448 g/mol. The number of carbonyl (C=O) groups is 4. The maximum Gasteiger partial charge on any atom is 0.377 e. The Hall–Kier alpha value is -3.46. The molecule has 0 atom stereocenters. The third-order valence-corrected chi connectivity index (χ3v) is 3.38. The van der Waals surface area contributed by atoms with Crippen LogP contribution in [0.4, 0.5) is 0 Å². The van der Waals surface area contributed by atoms with E-state index < -0.39 is 52.9 Å². The van der Waals surface area contributed by atoms with E-state index in [1.54, 1.807) is 13.8 Å². The van der Waals surface area contributed by atoms with E-state index in [9.17, 15) is 19.2 Å². The summed E-state index contributed by atoms with van der Waals surface area (Å²) in [6, 6.07) is 0. The zero-order valence-electron chi connectivity index (χ0n) is 19.5. The number of esters is 2. The van der Waals surface area contributed by atoms with Crippen LogP contribution in [-0.4, -0.2) is 87.6 Å². The van der Waals surface area contributed by atoms with Gasteiger partial charge in [-0.15, -0.1) is 0 Å². The van der Waals surface area contributed by atoms with Gasteiger partial charge in [0.25, 0.3) is 5.84 Å². The smallest absolute Gasteiger partial charge is 0.377 e. The van der Waals surface area contributed by atoms with Gasteiger partial charge in [0.1, 0.15) is 0 Å². The van der Waals surface area contributed by atoms with E-state index in [0.29, 0.717) is 0 Å². The Morgan fingerprint density at radius 2 is 1.27 bits per heavy atom. The Bertz CT molecular complexity index is 704. The standard InChI is InChI=1S/C9H16N2O5.C5H10O3.C4H8N2O3/c1-4-16-7(13)6(11-15)10-8(14)9(2,3)5-12;1-5(2,3-6)4(7)8;1-2-9-4(7)3(5)6-8/h12,15H,4-5H2,1-3H3,(H,10,11,14);6H,3H2,1-2H3,(H,7,8);8H,2H2,1H3,(H2,5,6). The van der Waals surface area contributed by atoms with Gasteiger partial charge >= 0.3 is 17.9 Å². The number of hydrogen-bond donors (Lipinski definition) is 7. The first-order valence-corrected chi connectivity index (χ1v) is 9.42. The zero-order chi connectivity index (χ0) is 26.8. The highest BCUT2D eigenvalue weighted by Gasteiger charge is 2.29. The van der Waals surface area contributed by atoms with E-state index in [0.717, 1.165) is 0 Å². The second-order valence-corrected chi connectivity index (χ2v) is 7.22. The summed E-state index contributed by atoms with van der Waals surface area (Å²) in [7, 11) is 0. The summed E-state index contributed by atoms with van der Waals surface area (Å²) in [5.41, 5.74) is 2.76. The Kier molecular flexibility index (Phi) is 17.7. The molecule has 0 aromatic heterocycles. The first kappa shape index (κ1) is 34.2. The summed E-state index contributed by atoms with van der Waals surface area (Å²) in [4.78, 5) is 43.1. The largest absolute Gasteiger partial charge is 0.481 e. The molecule has 0 heterocycles. The number of aliphatic carboxylic acids is 1. The molecule has 0 aromatic carbocycles. The zero-order valence-corrected chi connectivity index (χ0v) is 19.5. The number of aliphatic hydroxyl groups is 2. The van der Waals surface area contributed by atoms with Gasteiger partial charge in [0, 0.05) is 0 Å². The van der Waals surface area contributed by atoms with Crippen LogP contribution >= 0.6 is 0 Å². The number of ether oxygens (including phenoxy) is 2. The van der Waals surface area contributed by atoms with Gasteiger partial charge in [0.05, 0.1) is 37.3 Å². The summed E-state index contributed by atoms with van der Waals surface area (Å²) in [5, 5.41) is 49.1. The van der Waals surface area contributed by atoms with Gasteiger partial charge in [0.15, 0.2) is 0 Å². The van der Waals surface area contributed by atoms with Crippen molar-refractivity contribution in [3.63, 3.8) is 0 Å². The number of oxime groups is 2. The summed E-state index contributed by atoms with van der Waals surface area (Å²) in [5.74, 6) is -4.49. The summed E-state index contributed by atoms with van der Waals surface area (Å²) >= 11 is 0. The third kappa shape index (κ3) is 15.1. The van der Waals surface area contributed by atoms with Crippen molar-refractivity contribution in [2.24, 2.45) is 26.9 Å². The van der Waals surface area contributed by atoms with Crippen molar-refractivity contribution in [3.05, 3.63) is 0 Å². The van der Waals surface area contributed by atoms with Gasteiger partial charge in [-0.1, -0.05) is 10.3 Å². The average Bonchev–Trinajstić information content (AvgIpc) is 2.77. The maximum atomic E-state index is 11.5. The summed E-state index contributed by atoms with van der Waals surface area (Å²) in [6.07, 6.45) is 0. The number of rotatable bonds is 6. The van der Waals surface area contributed by atoms with Crippen molar-refractivity contribution in [2.75, 3.05) is 26.4 Å². The second kappa shape index (κ2) is 17.1. The van der Waals surface area contributed by atoms with Crippen LogP contribution in [0.1, 0.15) is 41.5 Å². The number of carboxylic acids is 1. The first-order chi connectivity index (χ1) is 15.1. The van der Waals surface area contributed by atoms with E-state index in [-0.39, 0.29) is 19.8 Å². The molecule has 0 aromatic rings. The molecule has 8 N–H and O–H groups in total. The van der Waals surface area contributed by atoms with Crippen molar-refractivity contribution < 1.29 is 54.4 Å². The van der Waals surface area contributed by atoms with Crippen LogP contribution < -0.4 is 11.1 Å². The highest BCUT2D eigenvalue weighted by molar-refractivity contribution is 6.38. The fourth-order valence-corrected chi connectivity index (χ4v) is 0.978. The van der Waals surface area contributed by atoms with Crippen LogP contribution in [0.15, 0.2) is 10.3 Å². The summed E-state index contributed by atoms with van der Waals surface area (Å²) < 4.78 is 8.87. The molecule has 15 heteroatoms. The molecule has 33 heavy (non-hydrogen) atoms. The second-order valence-electron chi connectivity index (χ2n) is 7.22. The van der Waals surface area contributed by atoms with E-state index in [2.05, 4.69) is 25.1 Å². The minimum Gasteiger partial charge on any atom is -0.481 e. The molecule has 1 amide bonds. The van der Waals surface area contributed by atoms with E-state index in [1.165, 1.54) is 27.7 Å². The molecule has 0 saturated heterocycles. The monoisotopic (exact) mass is 482 g/mol. The number of nitrogens with one attached hydrogen (secondary N) is 1. The molecule has 0 aliphatic heterocycles. The Morgan fingerprint density at radius 3 is 1.55 bits per heavy atom. The topological polar surface area (TPSA) is 251 Å². The van der Waals surface area contributed by atoms with Crippen LogP contribution in [0.2, 0.25) is 0 Å². The van der Waals surface area contributed by atoms with Crippen LogP contribution in [0.3, 0.4) is 0 Å². The van der Waals surface area contributed by atoms with Crippen LogP contribution in [0, 0.1) is 10.8 Å². The fourth-order valence-electron chi connectivity index (χ4n) is 0.978. The number of carboxylic acid groups (broad SMARTS) is 1. The number of nitrogens with two attached hydrogens (primary N) is 1. The molecular formula is C18H34N4O11. The number of carbonyl (C=O) groups excluding carboxylic acids is 3. The Labute approximate surface area is 190 Å².